The minimum atomic E-state index is -1.64. The second kappa shape index (κ2) is 12.9. The molecule has 1 aliphatic rings. The third kappa shape index (κ3) is 5.82. The summed E-state index contributed by atoms with van der Waals surface area (Å²) >= 11 is 0. The van der Waals surface area contributed by atoms with E-state index in [-0.39, 0.29) is 5.91 Å². The van der Waals surface area contributed by atoms with Crippen molar-refractivity contribution in [1.82, 2.24) is 10.6 Å². The van der Waals surface area contributed by atoms with Crippen LogP contribution in [0.1, 0.15) is 26.3 Å². The van der Waals surface area contributed by atoms with Crippen molar-refractivity contribution in [2.24, 2.45) is 5.10 Å². The topological polar surface area (TPSA) is 95.1 Å². The minimum Gasteiger partial charge on any atom is -0.496 e. The number of carbonyl (C=O) groups excluding carboxylic acids is 2. The Hall–Kier alpha value is -4.69. The van der Waals surface area contributed by atoms with E-state index in [1.165, 1.54) is 11.9 Å². The number of nitrogens with zero attached hydrogens (tertiary/aromatic N) is 2. The Kier molecular flexibility index (Phi) is 9.14. The van der Waals surface area contributed by atoms with Crippen LogP contribution in [-0.4, -0.2) is 43.4 Å². The van der Waals surface area contributed by atoms with E-state index in [1.54, 1.807) is 19.2 Å². The number of carbonyl (C=O) groups is 2. The van der Waals surface area contributed by atoms with Crippen molar-refractivity contribution in [1.29, 1.82) is 0 Å². The van der Waals surface area contributed by atoms with Gasteiger partial charge in [-0.05, 0) is 54.9 Å². The van der Waals surface area contributed by atoms with E-state index in [2.05, 4.69) is 29.8 Å². The molecule has 0 aliphatic carbocycles. The molecule has 8 heteroatoms. The lowest BCUT2D eigenvalue weighted by Crippen LogP contribution is -2.64. The fraction of sp³-hybridized carbons (Fsp3) is 0.219. The van der Waals surface area contributed by atoms with Crippen LogP contribution in [0, 0.1) is 0 Å². The molecule has 5 rings (SSSR count). The largest absolute Gasteiger partial charge is 0.496 e. The molecule has 4 aromatic rings. The number of nitrogens with one attached hydrogen (secondary N) is 3. The number of para-hydroxylation sites is 2. The van der Waals surface area contributed by atoms with Gasteiger partial charge in [0.05, 0.1) is 12.8 Å². The van der Waals surface area contributed by atoms with Crippen molar-refractivity contribution < 1.29 is 14.3 Å². The molecule has 1 unspecified atom stereocenters. The van der Waals surface area contributed by atoms with Crippen LogP contribution in [0.25, 0.3) is 10.8 Å². The number of fused-ring (bicyclic) bond motifs is 1. The molecule has 1 aliphatic heterocycles. The molecule has 40 heavy (non-hydrogen) atoms. The standard InChI is InChI=1S/C28H24N4O3.C4H11N/c1-19(33)29-28(30-20-11-5-3-6-12-20)26(31-32(27(28)34)21-13-7-4-8-14-21)24-17-18-25(35-2)23-16-10-9-15-22(23)24;1-3-5-4-2/h3-18,30H,1-2H3,(H,29,33);5H,3-4H2,1-2H3. The molecule has 3 N–H and O–H groups in total. The van der Waals surface area contributed by atoms with Gasteiger partial charge in [-0.15, -0.1) is 0 Å². The van der Waals surface area contributed by atoms with Gasteiger partial charge in [-0.25, -0.2) is 0 Å². The summed E-state index contributed by atoms with van der Waals surface area (Å²) in [6.45, 7) is 7.77. The highest BCUT2D eigenvalue weighted by molar-refractivity contribution is 6.33. The number of rotatable bonds is 8. The maximum atomic E-state index is 14.1. The number of hydrogen-bond acceptors (Lipinski definition) is 6. The molecule has 0 aromatic heterocycles. The van der Waals surface area contributed by atoms with E-state index < -0.39 is 11.6 Å². The third-order valence-electron chi connectivity index (χ3n) is 6.40. The minimum absolute atomic E-state index is 0.373. The van der Waals surface area contributed by atoms with Crippen molar-refractivity contribution in [3.63, 3.8) is 0 Å². The van der Waals surface area contributed by atoms with Gasteiger partial charge in [0, 0.05) is 23.6 Å². The Morgan fingerprint density at radius 3 is 2.02 bits per heavy atom. The Balaban J connectivity index is 0.000000681. The highest BCUT2D eigenvalue weighted by Gasteiger charge is 2.53. The SMILES string of the molecule is CCNCC.COc1ccc(C2=NN(c3ccccc3)C(=O)C2(NC(C)=O)Nc2ccccc2)c2ccccc12. The van der Waals surface area contributed by atoms with E-state index in [9.17, 15) is 9.59 Å². The predicted octanol–water partition coefficient (Wildman–Crippen LogP) is 5.16. The third-order valence-corrected chi connectivity index (χ3v) is 6.40. The van der Waals surface area contributed by atoms with Gasteiger partial charge in [0.2, 0.25) is 11.6 Å². The van der Waals surface area contributed by atoms with E-state index >= 15 is 0 Å². The maximum Gasteiger partial charge on any atom is 0.300 e. The first-order chi connectivity index (χ1) is 19.4. The molecule has 0 spiro atoms. The molecule has 0 saturated heterocycles. The maximum absolute atomic E-state index is 14.1. The van der Waals surface area contributed by atoms with E-state index in [0.29, 0.717) is 28.4 Å². The first kappa shape index (κ1) is 28.3. The smallest absolute Gasteiger partial charge is 0.300 e. The van der Waals surface area contributed by atoms with Gasteiger partial charge in [0.25, 0.3) is 0 Å². The molecule has 0 radical (unpaired) electrons. The van der Waals surface area contributed by atoms with Crippen LogP contribution in [0.4, 0.5) is 11.4 Å². The molecule has 2 amide bonds. The second-order valence-electron chi connectivity index (χ2n) is 9.14. The summed E-state index contributed by atoms with van der Waals surface area (Å²) in [5.41, 5.74) is 0.694. The first-order valence-electron chi connectivity index (χ1n) is 13.3. The van der Waals surface area contributed by atoms with Gasteiger partial charge in [-0.1, -0.05) is 74.5 Å². The molecule has 1 atom stereocenters. The Labute approximate surface area is 235 Å². The van der Waals surface area contributed by atoms with E-state index in [1.807, 2.05) is 84.9 Å². The molecule has 8 nitrogen and oxygen atoms in total. The van der Waals surface area contributed by atoms with Gasteiger partial charge in [0.15, 0.2) is 0 Å². The summed E-state index contributed by atoms with van der Waals surface area (Å²) in [5, 5.41) is 17.1. The zero-order valence-electron chi connectivity index (χ0n) is 23.3. The molecule has 1 heterocycles. The van der Waals surface area contributed by atoms with Crippen LogP contribution in [0.2, 0.25) is 0 Å². The van der Waals surface area contributed by atoms with Gasteiger partial charge < -0.3 is 20.7 Å². The van der Waals surface area contributed by atoms with Gasteiger partial charge in [-0.3, -0.25) is 9.59 Å². The molecule has 0 fully saturated rings. The Morgan fingerprint density at radius 1 is 0.850 bits per heavy atom. The number of amides is 2. The van der Waals surface area contributed by atoms with Crippen molar-refractivity contribution in [2.45, 2.75) is 26.4 Å². The van der Waals surface area contributed by atoms with E-state index in [0.717, 1.165) is 23.9 Å². The van der Waals surface area contributed by atoms with Gasteiger partial charge in [-0.2, -0.15) is 10.1 Å². The van der Waals surface area contributed by atoms with Crippen LogP contribution < -0.4 is 25.7 Å². The summed E-state index contributed by atoms with van der Waals surface area (Å²) < 4.78 is 5.57. The van der Waals surface area contributed by atoms with Crippen molar-refractivity contribution in [2.75, 3.05) is 30.5 Å². The highest BCUT2D eigenvalue weighted by atomic mass is 16.5. The lowest BCUT2D eigenvalue weighted by Gasteiger charge is -2.32. The number of hydrogen-bond donors (Lipinski definition) is 3. The normalized spacial score (nSPS) is 16.1. The summed E-state index contributed by atoms with van der Waals surface area (Å²) in [7, 11) is 1.62. The molecule has 206 valence electrons. The lowest BCUT2D eigenvalue weighted by atomic mass is 9.91. The Morgan fingerprint density at radius 2 is 1.45 bits per heavy atom. The Bertz CT molecular complexity index is 1490. The van der Waals surface area contributed by atoms with Crippen LogP contribution in [0.15, 0.2) is 102 Å². The van der Waals surface area contributed by atoms with E-state index in [4.69, 9.17) is 9.84 Å². The van der Waals surface area contributed by atoms with Gasteiger partial charge in [0.1, 0.15) is 11.5 Å². The number of ether oxygens (including phenoxy) is 1. The summed E-state index contributed by atoms with van der Waals surface area (Å²) in [5.74, 6) is -0.0878. The lowest BCUT2D eigenvalue weighted by molar-refractivity contribution is -0.127. The fourth-order valence-corrected chi connectivity index (χ4v) is 4.65. The predicted molar refractivity (Wildman–Crippen MR) is 162 cm³/mol. The zero-order valence-corrected chi connectivity index (χ0v) is 23.3. The summed E-state index contributed by atoms with van der Waals surface area (Å²) in [6, 6.07) is 29.9. The average molecular weight is 538 g/mol. The highest BCUT2D eigenvalue weighted by Crippen LogP contribution is 2.36. The van der Waals surface area contributed by atoms with Crippen LogP contribution in [0.3, 0.4) is 0 Å². The molecular weight excluding hydrogens is 502 g/mol. The first-order valence-corrected chi connectivity index (χ1v) is 13.3. The van der Waals surface area contributed by atoms with Crippen LogP contribution in [-0.2, 0) is 9.59 Å². The zero-order chi connectivity index (χ0) is 28.5. The fourth-order valence-electron chi connectivity index (χ4n) is 4.65. The number of methoxy groups -OCH3 is 1. The van der Waals surface area contributed by atoms with Crippen LogP contribution >= 0.6 is 0 Å². The quantitative estimate of drug-likeness (QED) is 0.270. The second-order valence-corrected chi connectivity index (χ2v) is 9.14. The monoisotopic (exact) mass is 537 g/mol. The van der Waals surface area contributed by atoms with Gasteiger partial charge >= 0.3 is 5.91 Å². The molecule has 4 aromatic carbocycles. The summed E-state index contributed by atoms with van der Waals surface area (Å²) in [4.78, 5) is 26.6. The molecule has 0 bridgehead atoms. The van der Waals surface area contributed by atoms with Crippen molar-refractivity contribution in [3.8, 4) is 5.75 Å². The number of hydrazone groups is 1. The summed E-state index contributed by atoms with van der Waals surface area (Å²) in [6.07, 6.45) is 0. The molecule has 0 saturated carbocycles. The van der Waals surface area contributed by atoms with Crippen molar-refractivity contribution in [3.05, 3.63) is 103 Å². The molecular formula is C32H35N5O3. The number of benzene rings is 4. The average Bonchev–Trinajstić information content (AvgIpc) is 3.24. The van der Waals surface area contributed by atoms with Crippen LogP contribution in [0.5, 0.6) is 5.75 Å². The van der Waals surface area contributed by atoms with Crippen molar-refractivity contribution >= 4 is 39.7 Å². The number of anilines is 2.